The van der Waals surface area contributed by atoms with Crippen molar-refractivity contribution in [1.82, 2.24) is 4.57 Å². The van der Waals surface area contributed by atoms with Gasteiger partial charge in [0.05, 0.1) is 10.9 Å². The van der Waals surface area contributed by atoms with E-state index in [9.17, 15) is 4.79 Å². The van der Waals surface area contributed by atoms with Gasteiger partial charge in [-0.3, -0.25) is 0 Å². The van der Waals surface area contributed by atoms with E-state index in [1.807, 2.05) is 55.6 Å². The average Bonchev–Trinajstić information content (AvgIpc) is 2.86. The highest BCUT2D eigenvalue weighted by Gasteiger charge is 2.14. The molecule has 0 bridgehead atoms. The molecule has 0 aliphatic heterocycles. The number of rotatable bonds is 2. The van der Waals surface area contributed by atoms with Crippen LogP contribution in [0.1, 0.15) is 11.1 Å². The van der Waals surface area contributed by atoms with Crippen molar-refractivity contribution >= 4 is 21.9 Å². The van der Waals surface area contributed by atoms with Crippen LogP contribution < -0.4 is 5.63 Å². The number of para-hydroxylation sites is 1. The Morgan fingerprint density at radius 2 is 1.73 bits per heavy atom. The highest BCUT2D eigenvalue weighted by Crippen LogP contribution is 2.26. The van der Waals surface area contributed by atoms with Crippen molar-refractivity contribution in [2.45, 2.75) is 13.5 Å². The minimum absolute atomic E-state index is 0.266. The van der Waals surface area contributed by atoms with Crippen molar-refractivity contribution in [2.75, 3.05) is 0 Å². The predicted octanol–water partition coefficient (Wildman–Crippen LogP) is 4.10. The monoisotopic (exact) mass is 289 g/mol. The third-order valence-electron chi connectivity index (χ3n) is 4.01. The summed E-state index contributed by atoms with van der Waals surface area (Å²) in [6, 6.07) is 17.9. The lowest BCUT2D eigenvalue weighted by Crippen LogP contribution is -2.03. The molecule has 0 amide bonds. The van der Waals surface area contributed by atoms with E-state index in [1.54, 1.807) is 0 Å². The van der Waals surface area contributed by atoms with Gasteiger partial charge in [0.2, 0.25) is 0 Å². The highest BCUT2D eigenvalue weighted by atomic mass is 16.4. The maximum absolute atomic E-state index is 12.3. The number of fused-ring (bicyclic) bond motifs is 3. The average molecular weight is 289 g/mol. The molecule has 0 radical (unpaired) electrons. The van der Waals surface area contributed by atoms with E-state index in [0.717, 1.165) is 23.0 Å². The minimum atomic E-state index is -0.266. The Balaban J connectivity index is 2.05. The van der Waals surface area contributed by atoms with Gasteiger partial charge in [0.25, 0.3) is 0 Å². The van der Waals surface area contributed by atoms with Gasteiger partial charge in [-0.05, 0) is 30.2 Å². The first-order chi connectivity index (χ1) is 10.7. The van der Waals surface area contributed by atoms with Crippen molar-refractivity contribution in [3.05, 3.63) is 82.3 Å². The van der Waals surface area contributed by atoms with Crippen molar-refractivity contribution in [3.63, 3.8) is 0 Å². The van der Waals surface area contributed by atoms with Gasteiger partial charge in [0.1, 0.15) is 5.58 Å². The molecule has 0 saturated carbocycles. The van der Waals surface area contributed by atoms with Gasteiger partial charge in [-0.15, -0.1) is 0 Å². The Labute approximate surface area is 127 Å². The van der Waals surface area contributed by atoms with Crippen molar-refractivity contribution in [3.8, 4) is 0 Å². The summed E-state index contributed by atoms with van der Waals surface area (Å²) in [5.41, 5.74) is 3.47. The Morgan fingerprint density at radius 1 is 1.00 bits per heavy atom. The third-order valence-corrected chi connectivity index (χ3v) is 4.01. The molecule has 22 heavy (non-hydrogen) atoms. The summed E-state index contributed by atoms with van der Waals surface area (Å²) in [5, 5.41) is 1.65. The topological polar surface area (TPSA) is 35.1 Å². The van der Waals surface area contributed by atoms with Crippen LogP contribution in [0.15, 0.2) is 70.0 Å². The predicted molar refractivity (Wildman–Crippen MR) is 88.3 cm³/mol. The van der Waals surface area contributed by atoms with Crippen molar-refractivity contribution in [1.29, 1.82) is 0 Å². The molecule has 3 heteroatoms. The SMILES string of the molecule is Cc1cn(Cc2ccccc2)c2c1c(=O)oc1ccccc12. The summed E-state index contributed by atoms with van der Waals surface area (Å²) >= 11 is 0. The molecule has 0 atom stereocenters. The number of nitrogens with zero attached hydrogens (tertiary/aromatic N) is 1. The lowest BCUT2D eigenvalue weighted by atomic mass is 10.1. The third kappa shape index (κ3) is 1.94. The number of aromatic nitrogens is 1. The summed E-state index contributed by atoms with van der Waals surface area (Å²) in [4.78, 5) is 12.3. The lowest BCUT2D eigenvalue weighted by molar-refractivity contribution is 0.569. The molecule has 4 rings (SSSR count). The highest BCUT2D eigenvalue weighted by molar-refractivity contribution is 6.03. The molecule has 2 heterocycles. The van der Waals surface area contributed by atoms with Crippen LogP contribution in [-0.2, 0) is 6.54 Å². The number of hydrogen-bond donors (Lipinski definition) is 0. The fourth-order valence-electron chi connectivity index (χ4n) is 3.05. The smallest absolute Gasteiger partial charge is 0.346 e. The van der Waals surface area contributed by atoms with Crippen LogP contribution in [0.3, 0.4) is 0 Å². The number of aryl methyl sites for hydroxylation is 1. The van der Waals surface area contributed by atoms with Gasteiger partial charge in [0.15, 0.2) is 0 Å². The second-order valence-electron chi connectivity index (χ2n) is 5.53. The zero-order chi connectivity index (χ0) is 15.1. The van der Waals surface area contributed by atoms with Crippen LogP contribution in [0.2, 0.25) is 0 Å². The van der Waals surface area contributed by atoms with Gasteiger partial charge in [-0.1, -0.05) is 42.5 Å². The molecule has 0 aliphatic rings. The molecular weight excluding hydrogens is 274 g/mol. The largest absolute Gasteiger partial charge is 0.422 e. The zero-order valence-electron chi connectivity index (χ0n) is 12.2. The fourth-order valence-corrected chi connectivity index (χ4v) is 3.05. The van der Waals surface area contributed by atoms with Crippen molar-refractivity contribution < 1.29 is 4.42 Å². The summed E-state index contributed by atoms with van der Waals surface area (Å²) in [5.74, 6) is 0. The van der Waals surface area contributed by atoms with E-state index >= 15 is 0 Å². The van der Waals surface area contributed by atoms with E-state index in [-0.39, 0.29) is 5.63 Å². The van der Waals surface area contributed by atoms with Gasteiger partial charge in [-0.2, -0.15) is 0 Å². The quantitative estimate of drug-likeness (QED) is 0.521. The number of hydrogen-bond acceptors (Lipinski definition) is 2. The Kier molecular flexibility index (Phi) is 2.86. The maximum Gasteiger partial charge on any atom is 0.346 e. The van der Waals surface area contributed by atoms with E-state index in [0.29, 0.717) is 11.0 Å². The molecule has 0 N–H and O–H groups in total. The fraction of sp³-hybridized carbons (Fsp3) is 0.105. The zero-order valence-corrected chi connectivity index (χ0v) is 12.2. The van der Waals surface area contributed by atoms with E-state index in [2.05, 4.69) is 16.7 Å². The lowest BCUT2D eigenvalue weighted by Gasteiger charge is -2.07. The van der Waals surface area contributed by atoms with E-state index < -0.39 is 0 Å². The van der Waals surface area contributed by atoms with E-state index in [1.165, 1.54) is 5.56 Å². The van der Waals surface area contributed by atoms with Crippen LogP contribution in [0.25, 0.3) is 21.9 Å². The van der Waals surface area contributed by atoms with Crippen LogP contribution in [-0.4, -0.2) is 4.57 Å². The summed E-state index contributed by atoms with van der Waals surface area (Å²) in [6.45, 7) is 2.69. The van der Waals surface area contributed by atoms with Gasteiger partial charge < -0.3 is 8.98 Å². The Morgan fingerprint density at radius 3 is 2.55 bits per heavy atom. The minimum Gasteiger partial charge on any atom is -0.422 e. The second-order valence-corrected chi connectivity index (χ2v) is 5.53. The first-order valence-corrected chi connectivity index (χ1v) is 7.29. The summed E-state index contributed by atoms with van der Waals surface area (Å²) < 4.78 is 7.59. The molecular formula is C19H15NO2. The van der Waals surface area contributed by atoms with Crippen LogP contribution in [0.5, 0.6) is 0 Å². The Hall–Kier alpha value is -2.81. The molecule has 3 nitrogen and oxygen atoms in total. The van der Waals surface area contributed by atoms with Gasteiger partial charge >= 0.3 is 5.63 Å². The summed E-state index contributed by atoms with van der Waals surface area (Å²) in [6.07, 6.45) is 2.03. The molecule has 2 aromatic carbocycles. The summed E-state index contributed by atoms with van der Waals surface area (Å²) in [7, 11) is 0. The number of benzene rings is 2. The molecule has 4 aromatic rings. The Bertz CT molecular complexity index is 1030. The van der Waals surface area contributed by atoms with Gasteiger partial charge in [0, 0.05) is 18.1 Å². The van der Waals surface area contributed by atoms with Gasteiger partial charge in [-0.25, -0.2) is 4.79 Å². The molecule has 0 fully saturated rings. The molecule has 108 valence electrons. The molecule has 0 saturated heterocycles. The molecule has 0 unspecified atom stereocenters. The maximum atomic E-state index is 12.3. The second kappa shape index (κ2) is 4.88. The van der Waals surface area contributed by atoms with Crippen LogP contribution >= 0.6 is 0 Å². The van der Waals surface area contributed by atoms with Crippen molar-refractivity contribution in [2.24, 2.45) is 0 Å². The molecule has 0 aliphatic carbocycles. The molecule has 0 spiro atoms. The normalized spacial score (nSPS) is 11.3. The van der Waals surface area contributed by atoms with E-state index in [4.69, 9.17) is 4.42 Å². The van der Waals surface area contributed by atoms with Crippen LogP contribution in [0.4, 0.5) is 0 Å². The molecule has 2 aromatic heterocycles. The van der Waals surface area contributed by atoms with Crippen LogP contribution in [0, 0.1) is 6.92 Å². The first-order valence-electron chi connectivity index (χ1n) is 7.29. The first kappa shape index (κ1) is 12.9. The standard InChI is InChI=1S/C19H15NO2/c1-13-11-20(12-14-7-3-2-4-8-14)18-15-9-5-6-10-16(15)22-19(21)17(13)18/h2-11H,12H2,1H3.